The van der Waals surface area contributed by atoms with Crippen LogP contribution in [-0.4, -0.2) is 24.1 Å². The lowest BCUT2D eigenvalue weighted by molar-refractivity contribution is 0.549. The van der Waals surface area contributed by atoms with Crippen LogP contribution >= 0.6 is 0 Å². The second-order valence-corrected chi connectivity index (χ2v) is 6.68. The average molecular weight is 273 g/mol. The van der Waals surface area contributed by atoms with Gasteiger partial charge in [0.15, 0.2) is 0 Å². The molecule has 0 aromatic carbocycles. The summed E-state index contributed by atoms with van der Waals surface area (Å²) >= 11 is 0. The van der Waals surface area contributed by atoms with E-state index in [0.717, 1.165) is 25.0 Å². The molecular weight excluding hydrogens is 246 g/mol. The number of hydrogen-bond donors (Lipinski definition) is 1. The topological polar surface area (TPSA) is 28.2 Å². The summed E-state index contributed by atoms with van der Waals surface area (Å²) in [6.45, 7) is 9.82. The molecule has 1 N–H and O–H groups in total. The fourth-order valence-electron chi connectivity index (χ4n) is 3.61. The first-order valence-corrected chi connectivity index (χ1v) is 8.15. The zero-order chi connectivity index (χ0) is 14.1. The quantitative estimate of drug-likeness (QED) is 0.892. The fraction of sp³-hybridized carbons (Fsp3) is 0.706. The molecule has 3 heteroatoms. The van der Waals surface area contributed by atoms with Crippen molar-refractivity contribution in [3.8, 4) is 0 Å². The molecule has 3 rings (SSSR count). The molecule has 2 bridgehead atoms. The van der Waals surface area contributed by atoms with Crippen molar-refractivity contribution in [2.75, 3.05) is 18.0 Å². The molecule has 2 atom stereocenters. The van der Waals surface area contributed by atoms with Gasteiger partial charge in [-0.25, -0.2) is 4.98 Å². The van der Waals surface area contributed by atoms with Crippen molar-refractivity contribution in [2.24, 2.45) is 5.92 Å². The zero-order valence-electron chi connectivity index (χ0n) is 13.0. The summed E-state index contributed by atoms with van der Waals surface area (Å²) in [5.41, 5.74) is 2.61. The van der Waals surface area contributed by atoms with Crippen LogP contribution in [0.1, 0.15) is 57.2 Å². The molecule has 2 fully saturated rings. The molecule has 1 aliphatic carbocycles. The molecule has 2 unspecified atom stereocenters. The lowest BCUT2D eigenvalue weighted by Gasteiger charge is -2.29. The first-order valence-electron chi connectivity index (χ1n) is 8.15. The molecule has 0 radical (unpaired) electrons. The third-order valence-corrected chi connectivity index (χ3v) is 4.77. The molecule has 1 saturated heterocycles. The maximum Gasteiger partial charge on any atom is 0.129 e. The number of nitrogens with zero attached hydrogens (tertiary/aromatic N) is 2. The van der Waals surface area contributed by atoms with Crippen molar-refractivity contribution in [1.29, 1.82) is 0 Å². The van der Waals surface area contributed by atoms with Crippen LogP contribution < -0.4 is 10.2 Å². The minimum absolute atomic E-state index is 0.495. The molecule has 1 aliphatic heterocycles. The molecule has 0 spiro atoms. The van der Waals surface area contributed by atoms with Crippen molar-refractivity contribution in [3.05, 3.63) is 23.4 Å². The highest BCUT2D eigenvalue weighted by Crippen LogP contribution is 2.40. The summed E-state index contributed by atoms with van der Waals surface area (Å²) in [6, 6.07) is 5.32. The van der Waals surface area contributed by atoms with Crippen LogP contribution in [0.3, 0.4) is 0 Å². The second-order valence-electron chi connectivity index (χ2n) is 6.68. The Bertz CT molecular complexity index is 469. The van der Waals surface area contributed by atoms with Gasteiger partial charge < -0.3 is 10.2 Å². The van der Waals surface area contributed by atoms with E-state index in [0.29, 0.717) is 5.92 Å². The third-order valence-electron chi connectivity index (χ3n) is 4.77. The lowest BCUT2D eigenvalue weighted by Crippen LogP contribution is -2.33. The first kappa shape index (κ1) is 13.9. The highest BCUT2D eigenvalue weighted by atomic mass is 15.2. The molecule has 3 nitrogen and oxygen atoms in total. The average Bonchev–Trinajstić information content (AvgIpc) is 3.07. The van der Waals surface area contributed by atoms with Gasteiger partial charge in [-0.05, 0) is 55.3 Å². The summed E-state index contributed by atoms with van der Waals surface area (Å²) in [6.07, 6.45) is 4.17. The van der Waals surface area contributed by atoms with Crippen LogP contribution in [0.4, 0.5) is 5.82 Å². The van der Waals surface area contributed by atoms with Crippen LogP contribution in [-0.2, 0) is 6.54 Å². The van der Waals surface area contributed by atoms with E-state index in [1.54, 1.807) is 0 Å². The summed E-state index contributed by atoms with van der Waals surface area (Å²) in [5.74, 6) is 2.63. The number of nitrogens with one attached hydrogen (secondary N) is 1. The largest absolute Gasteiger partial charge is 0.353 e. The zero-order valence-corrected chi connectivity index (χ0v) is 13.0. The van der Waals surface area contributed by atoms with Gasteiger partial charge in [0, 0.05) is 24.8 Å². The summed E-state index contributed by atoms with van der Waals surface area (Å²) in [5, 5.41) is 3.44. The number of piperidine rings is 1. The van der Waals surface area contributed by atoms with Gasteiger partial charge in [0.2, 0.25) is 0 Å². The lowest BCUT2D eigenvalue weighted by atomic mass is 10.1. The van der Waals surface area contributed by atoms with E-state index in [9.17, 15) is 0 Å². The minimum Gasteiger partial charge on any atom is -0.353 e. The highest BCUT2D eigenvalue weighted by Gasteiger charge is 2.38. The standard InChI is InChI=1S/C17H27N3/c1-4-18-10-14-8-16(12(2)3)19-17(9-14)20-11-13-5-6-15(20)7-13/h8-9,12-13,15,18H,4-7,10-11H2,1-3H3. The molecule has 110 valence electrons. The van der Waals surface area contributed by atoms with Crippen molar-refractivity contribution in [1.82, 2.24) is 10.3 Å². The SMILES string of the molecule is CCNCc1cc(C(C)C)nc(N2CC3CCC2C3)c1. The summed E-state index contributed by atoms with van der Waals surface area (Å²) in [4.78, 5) is 7.50. The molecule has 0 amide bonds. The van der Waals surface area contributed by atoms with Crippen molar-refractivity contribution >= 4 is 5.82 Å². The van der Waals surface area contributed by atoms with E-state index in [1.807, 2.05) is 0 Å². The Labute approximate surface area is 122 Å². The molecule has 20 heavy (non-hydrogen) atoms. The van der Waals surface area contributed by atoms with E-state index in [-0.39, 0.29) is 0 Å². The first-order chi connectivity index (χ1) is 9.67. The predicted molar refractivity (Wildman–Crippen MR) is 84.2 cm³/mol. The maximum atomic E-state index is 4.94. The van der Waals surface area contributed by atoms with Gasteiger partial charge in [0.05, 0.1) is 0 Å². The Morgan fingerprint density at radius 2 is 2.20 bits per heavy atom. The number of hydrogen-bond acceptors (Lipinski definition) is 3. The van der Waals surface area contributed by atoms with Gasteiger partial charge in [-0.2, -0.15) is 0 Å². The van der Waals surface area contributed by atoms with E-state index in [1.165, 1.54) is 42.9 Å². The number of aromatic nitrogens is 1. The second kappa shape index (κ2) is 5.72. The highest BCUT2D eigenvalue weighted by molar-refractivity contribution is 5.46. The Morgan fingerprint density at radius 3 is 2.80 bits per heavy atom. The van der Waals surface area contributed by atoms with Gasteiger partial charge >= 0.3 is 0 Å². The maximum absolute atomic E-state index is 4.94. The van der Waals surface area contributed by atoms with Gasteiger partial charge in [-0.3, -0.25) is 0 Å². The fourth-order valence-corrected chi connectivity index (χ4v) is 3.61. The van der Waals surface area contributed by atoms with Crippen LogP contribution in [0.2, 0.25) is 0 Å². The normalized spacial score (nSPS) is 24.9. The van der Waals surface area contributed by atoms with Gasteiger partial charge in [-0.1, -0.05) is 20.8 Å². The van der Waals surface area contributed by atoms with Gasteiger partial charge in [0.1, 0.15) is 5.82 Å². The Morgan fingerprint density at radius 1 is 1.35 bits per heavy atom. The van der Waals surface area contributed by atoms with E-state index in [2.05, 4.69) is 43.1 Å². The molecule has 1 saturated carbocycles. The van der Waals surface area contributed by atoms with Crippen LogP contribution in [0, 0.1) is 5.92 Å². The molecule has 1 aromatic rings. The van der Waals surface area contributed by atoms with E-state index < -0.39 is 0 Å². The molecular formula is C17H27N3. The number of anilines is 1. The van der Waals surface area contributed by atoms with Gasteiger partial charge in [0.25, 0.3) is 0 Å². The Hall–Kier alpha value is -1.09. The van der Waals surface area contributed by atoms with Gasteiger partial charge in [-0.15, -0.1) is 0 Å². The van der Waals surface area contributed by atoms with Crippen molar-refractivity contribution < 1.29 is 0 Å². The van der Waals surface area contributed by atoms with Crippen LogP contribution in [0.15, 0.2) is 12.1 Å². The monoisotopic (exact) mass is 273 g/mol. The Balaban J connectivity index is 1.87. The summed E-state index contributed by atoms with van der Waals surface area (Å²) in [7, 11) is 0. The molecule has 1 aromatic heterocycles. The van der Waals surface area contributed by atoms with Crippen molar-refractivity contribution in [2.45, 2.75) is 58.5 Å². The number of fused-ring (bicyclic) bond motifs is 2. The molecule has 2 aliphatic rings. The third kappa shape index (κ3) is 2.69. The number of rotatable bonds is 5. The minimum atomic E-state index is 0.495. The smallest absolute Gasteiger partial charge is 0.129 e. The Kier molecular flexibility index (Phi) is 3.97. The van der Waals surface area contributed by atoms with Crippen LogP contribution in [0.25, 0.3) is 0 Å². The van der Waals surface area contributed by atoms with Crippen molar-refractivity contribution in [3.63, 3.8) is 0 Å². The van der Waals surface area contributed by atoms with E-state index >= 15 is 0 Å². The molecule has 2 heterocycles. The van der Waals surface area contributed by atoms with Crippen LogP contribution in [0.5, 0.6) is 0 Å². The summed E-state index contributed by atoms with van der Waals surface area (Å²) < 4.78 is 0. The number of pyridine rings is 1. The predicted octanol–water partition coefficient (Wildman–Crippen LogP) is 3.30. The van der Waals surface area contributed by atoms with E-state index in [4.69, 9.17) is 4.98 Å².